The van der Waals surface area contributed by atoms with Crippen molar-refractivity contribution in [2.24, 2.45) is 0 Å². The lowest BCUT2D eigenvalue weighted by Gasteiger charge is -2.36. The number of nitrogen functional groups attached to an aromatic ring is 1. The number of nitrogens with two attached hydrogens (primary N) is 1. The fourth-order valence-electron chi connectivity index (χ4n) is 2.08. The van der Waals surface area contributed by atoms with E-state index in [2.05, 4.69) is 4.98 Å². The lowest BCUT2D eigenvalue weighted by molar-refractivity contribution is -0.0858. The Morgan fingerprint density at radius 2 is 2.44 bits per heavy atom. The van der Waals surface area contributed by atoms with Gasteiger partial charge in [0.2, 0.25) is 0 Å². The zero-order valence-electron chi connectivity index (χ0n) is 10.2. The summed E-state index contributed by atoms with van der Waals surface area (Å²) in [6.45, 7) is 2.63. The van der Waals surface area contributed by atoms with Crippen molar-refractivity contribution in [2.45, 2.75) is 19.1 Å². The molecule has 0 bridgehead atoms. The topological polar surface area (TPSA) is 88.7 Å². The molecule has 1 saturated heterocycles. The summed E-state index contributed by atoms with van der Waals surface area (Å²) in [6.07, 6.45) is 1.11. The minimum Gasteiger partial charge on any atom is -0.394 e. The molecule has 0 aliphatic carbocycles. The van der Waals surface area contributed by atoms with Gasteiger partial charge in [0.25, 0.3) is 5.91 Å². The minimum absolute atomic E-state index is 0.0993. The number of amides is 1. The first kappa shape index (κ1) is 12.8. The molecule has 18 heavy (non-hydrogen) atoms. The third-order valence-corrected chi connectivity index (χ3v) is 2.89. The molecule has 1 aliphatic rings. The Bertz CT molecular complexity index is 438. The van der Waals surface area contributed by atoms with Gasteiger partial charge in [-0.25, -0.2) is 4.98 Å². The second-order valence-corrected chi connectivity index (χ2v) is 4.40. The van der Waals surface area contributed by atoms with Crippen molar-refractivity contribution in [3.63, 3.8) is 0 Å². The van der Waals surface area contributed by atoms with Gasteiger partial charge in [0.1, 0.15) is 5.82 Å². The first-order valence-electron chi connectivity index (χ1n) is 5.88. The highest BCUT2D eigenvalue weighted by atomic mass is 16.5. The van der Waals surface area contributed by atoms with E-state index in [4.69, 9.17) is 15.6 Å². The average molecular weight is 251 g/mol. The molecule has 1 amide bonds. The predicted octanol–water partition coefficient (Wildman–Crippen LogP) is -0.114. The number of aliphatic hydroxyl groups is 1. The first-order chi connectivity index (χ1) is 8.61. The normalized spacial score (nSPS) is 24.0. The Kier molecular flexibility index (Phi) is 3.78. The Balaban J connectivity index is 2.16. The molecule has 0 aromatic carbocycles. The first-order valence-corrected chi connectivity index (χ1v) is 5.88. The van der Waals surface area contributed by atoms with Gasteiger partial charge >= 0.3 is 0 Å². The molecular weight excluding hydrogens is 234 g/mol. The highest BCUT2D eigenvalue weighted by Gasteiger charge is 2.29. The maximum Gasteiger partial charge on any atom is 0.257 e. The van der Waals surface area contributed by atoms with Gasteiger partial charge in [0, 0.05) is 19.3 Å². The van der Waals surface area contributed by atoms with Gasteiger partial charge in [-0.15, -0.1) is 0 Å². The van der Waals surface area contributed by atoms with Crippen LogP contribution in [0.15, 0.2) is 18.3 Å². The number of ether oxygens (including phenoxy) is 1. The number of anilines is 1. The van der Waals surface area contributed by atoms with Gasteiger partial charge in [-0.2, -0.15) is 0 Å². The molecule has 0 spiro atoms. The van der Waals surface area contributed by atoms with E-state index in [-0.39, 0.29) is 30.5 Å². The molecule has 1 aromatic heterocycles. The van der Waals surface area contributed by atoms with Crippen molar-refractivity contribution < 1.29 is 14.6 Å². The summed E-state index contributed by atoms with van der Waals surface area (Å²) in [5.41, 5.74) is 6.08. The number of aromatic nitrogens is 1. The number of hydrogen-bond donors (Lipinski definition) is 2. The van der Waals surface area contributed by atoms with E-state index in [9.17, 15) is 4.79 Å². The van der Waals surface area contributed by atoms with Crippen LogP contribution in [0, 0.1) is 0 Å². The van der Waals surface area contributed by atoms with Crippen LogP contribution in [0.3, 0.4) is 0 Å². The fraction of sp³-hybridized carbons (Fsp3) is 0.500. The standard InChI is InChI=1S/C12H17N3O3/c1-8-5-15(6-9(7-16)18-8)12(17)10-3-2-4-14-11(10)13/h2-4,8-9,16H,5-7H2,1H3,(H2,13,14). The Morgan fingerprint density at radius 3 is 3.11 bits per heavy atom. The molecular formula is C12H17N3O3. The highest BCUT2D eigenvalue weighted by Crippen LogP contribution is 2.16. The molecule has 6 heteroatoms. The van der Waals surface area contributed by atoms with Gasteiger partial charge < -0.3 is 20.5 Å². The molecule has 1 fully saturated rings. The molecule has 6 nitrogen and oxygen atoms in total. The lowest BCUT2D eigenvalue weighted by atomic mass is 10.1. The van der Waals surface area contributed by atoms with Crippen molar-refractivity contribution in [1.29, 1.82) is 0 Å². The smallest absolute Gasteiger partial charge is 0.257 e. The number of rotatable bonds is 2. The van der Waals surface area contributed by atoms with Gasteiger partial charge in [-0.05, 0) is 19.1 Å². The summed E-state index contributed by atoms with van der Waals surface area (Å²) >= 11 is 0. The summed E-state index contributed by atoms with van der Waals surface area (Å²) < 4.78 is 5.49. The maximum atomic E-state index is 12.3. The van der Waals surface area contributed by atoms with Crippen LogP contribution in [0.4, 0.5) is 5.82 Å². The molecule has 0 saturated carbocycles. The van der Waals surface area contributed by atoms with Crippen molar-refractivity contribution in [2.75, 3.05) is 25.4 Å². The second kappa shape index (κ2) is 5.32. The molecule has 2 unspecified atom stereocenters. The molecule has 2 atom stereocenters. The van der Waals surface area contributed by atoms with Crippen LogP contribution in [-0.2, 0) is 4.74 Å². The predicted molar refractivity (Wildman–Crippen MR) is 66.0 cm³/mol. The van der Waals surface area contributed by atoms with Gasteiger partial charge in [0.15, 0.2) is 0 Å². The Hall–Kier alpha value is -1.66. The summed E-state index contributed by atoms with van der Waals surface area (Å²) in [5, 5.41) is 9.13. The molecule has 2 heterocycles. The van der Waals surface area contributed by atoms with Crippen molar-refractivity contribution in [3.8, 4) is 0 Å². The quantitative estimate of drug-likeness (QED) is 0.765. The number of carbonyl (C=O) groups excluding carboxylic acids is 1. The van der Waals surface area contributed by atoms with Crippen molar-refractivity contribution in [1.82, 2.24) is 9.88 Å². The fourth-order valence-corrected chi connectivity index (χ4v) is 2.08. The summed E-state index contributed by atoms with van der Waals surface area (Å²) in [7, 11) is 0. The molecule has 1 aromatic rings. The third kappa shape index (κ3) is 2.60. The Labute approximate surface area is 105 Å². The minimum atomic E-state index is -0.337. The van der Waals surface area contributed by atoms with Crippen LogP contribution in [0.5, 0.6) is 0 Å². The SMILES string of the molecule is CC1CN(C(=O)c2cccnc2N)CC(CO)O1. The summed E-state index contributed by atoms with van der Waals surface area (Å²) in [6, 6.07) is 3.33. The number of aliphatic hydroxyl groups excluding tert-OH is 1. The summed E-state index contributed by atoms with van der Waals surface area (Å²) in [5.74, 6) is 0.0522. The lowest BCUT2D eigenvalue weighted by Crippen LogP contribution is -2.50. The van der Waals surface area contributed by atoms with Crippen LogP contribution in [0.2, 0.25) is 0 Å². The van der Waals surface area contributed by atoms with Crippen LogP contribution >= 0.6 is 0 Å². The van der Waals surface area contributed by atoms with E-state index in [1.54, 1.807) is 23.2 Å². The molecule has 98 valence electrons. The number of pyridine rings is 1. The van der Waals surface area contributed by atoms with E-state index < -0.39 is 0 Å². The van der Waals surface area contributed by atoms with Crippen LogP contribution in [-0.4, -0.2) is 52.8 Å². The highest BCUT2D eigenvalue weighted by molar-refractivity contribution is 5.98. The van der Waals surface area contributed by atoms with Crippen LogP contribution < -0.4 is 5.73 Å². The van der Waals surface area contributed by atoms with Crippen molar-refractivity contribution >= 4 is 11.7 Å². The third-order valence-electron chi connectivity index (χ3n) is 2.89. The number of nitrogens with zero attached hydrogens (tertiary/aromatic N) is 2. The van der Waals surface area contributed by atoms with E-state index >= 15 is 0 Å². The van der Waals surface area contributed by atoms with Crippen molar-refractivity contribution in [3.05, 3.63) is 23.9 Å². The van der Waals surface area contributed by atoms with E-state index in [1.165, 1.54) is 0 Å². The number of morpholine rings is 1. The zero-order chi connectivity index (χ0) is 13.1. The molecule has 1 aliphatic heterocycles. The molecule has 3 N–H and O–H groups in total. The van der Waals surface area contributed by atoms with Gasteiger partial charge in [-0.3, -0.25) is 4.79 Å². The van der Waals surface area contributed by atoms with E-state index in [0.717, 1.165) is 0 Å². The second-order valence-electron chi connectivity index (χ2n) is 4.40. The van der Waals surface area contributed by atoms with Crippen LogP contribution in [0.1, 0.15) is 17.3 Å². The monoisotopic (exact) mass is 251 g/mol. The zero-order valence-corrected chi connectivity index (χ0v) is 10.2. The summed E-state index contributed by atoms with van der Waals surface area (Å²) in [4.78, 5) is 17.8. The largest absolute Gasteiger partial charge is 0.394 e. The number of carbonyl (C=O) groups is 1. The van der Waals surface area contributed by atoms with E-state index in [1.807, 2.05) is 6.92 Å². The average Bonchev–Trinajstić information content (AvgIpc) is 2.37. The number of hydrogen-bond acceptors (Lipinski definition) is 5. The molecule has 2 rings (SSSR count). The molecule has 0 radical (unpaired) electrons. The Morgan fingerprint density at radius 1 is 1.67 bits per heavy atom. The van der Waals surface area contributed by atoms with E-state index in [0.29, 0.717) is 18.7 Å². The van der Waals surface area contributed by atoms with Gasteiger partial charge in [0.05, 0.1) is 24.4 Å². The van der Waals surface area contributed by atoms with Gasteiger partial charge in [-0.1, -0.05) is 0 Å². The van der Waals surface area contributed by atoms with Crippen LogP contribution in [0.25, 0.3) is 0 Å². The maximum absolute atomic E-state index is 12.3.